The molecule has 0 bridgehead atoms. The summed E-state index contributed by atoms with van der Waals surface area (Å²) in [6.07, 6.45) is 4.89. The van der Waals surface area contributed by atoms with Gasteiger partial charge in [0.15, 0.2) is 0 Å². The van der Waals surface area contributed by atoms with Crippen LogP contribution in [0.15, 0.2) is 52.9 Å². The maximum absolute atomic E-state index is 13.5. The largest absolute Gasteiger partial charge is 0.497 e. The van der Waals surface area contributed by atoms with Crippen LogP contribution in [0, 0.1) is 17.2 Å². The predicted molar refractivity (Wildman–Crippen MR) is 159 cm³/mol. The molecule has 2 aliphatic carbocycles. The molecule has 1 saturated heterocycles. The zero-order chi connectivity index (χ0) is 28.6. The number of hydrogen-bond donors (Lipinski definition) is 3. The zero-order valence-electron chi connectivity index (χ0n) is 23.2. The highest BCUT2D eigenvalue weighted by molar-refractivity contribution is 8.24. The fourth-order valence-electron chi connectivity index (χ4n) is 5.94. The Hall–Kier alpha value is -3.52. The molecule has 0 spiro atoms. The molecule has 2 atom stereocenters. The molecule has 9 nitrogen and oxygen atoms in total. The Morgan fingerprint density at radius 2 is 1.73 bits per heavy atom. The minimum absolute atomic E-state index is 0.0754. The second-order valence-electron chi connectivity index (χ2n) is 11.4. The minimum atomic E-state index is -2.47. The van der Waals surface area contributed by atoms with Crippen LogP contribution in [-0.2, 0) is 4.79 Å². The molecule has 3 fully saturated rings. The number of oxazole rings is 1. The van der Waals surface area contributed by atoms with Crippen molar-refractivity contribution in [2.24, 2.45) is 5.92 Å². The first-order chi connectivity index (χ1) is 19.8. The lowest BCUT2D eigenvalue weighted by atomic mass is 9.76. The number of ether oxygens (including phenoxy) is 1. The van der Waals surface area contributed by atoms with Gasteiger partial charge in [-0.25, -0.2) is 4.98 Å². The van der Waals surface area contributed by atoms with Crippen molar-refractivity contribution in [3.05, 3.63) is 54.3 Å². The summed E-state index contributed by atoms with van der Waals surface area (Å²) in [6, 6.07) is 18.0. The number of nitrogens with one attached hydrogen (secondary N) is 1. The number of anilines is 1. The number of aromatic nitrogens is 1. The fourth-order valence-corrected chi connectivity index (χ4v) is 7.17. The first-order valence-electron chi connectivity index (χ1n) is 14.3. The molecule has 3 aromatic rings. The Labute approximate surface area is 241 Å². The SMILES string of the molecule is COc1ccc(-c2nc(-c3ccc(N4CCS(O)(O)CC4)cc3)c([C@@H]3CCCC[C@H]3C(=O)NC3(C#N)CC3)o2)cc1. The van der Waals surface area contributed by atoms with E-state index >= 15 is 0 Å². The summed E-state index contributed by atoms with van der Waals surface area (Å²) in [5.74, 6) is 2.17. The number of nitriles is 1. The standard InChI is InChI=1S/C31H36N4O5S/c1-39-24-12-8-22(9-13-24)30-33-27(21-6-10-23(11-7-21)35-16-18-41(37,38)19-17-35)28(40-30)25-4-2-3-5-26(25)29(36)34-31(20-32)14-15-31/h6-13,25-26,37-38H,2-5,14-19H2,1H3,(H,34,36)/t25-,26-/m1/s1. The molecule has 41 heavy (non-hydrogen) atoms. The van der Waals surface area contributed by atoms with Gasteiger partial charge >= 0.3 is 0 Å². The molecule has 10 heteroatoms. The van der Waals surface area contributed by atoms with Gasteiger partial charge in [0.05, 0.1) is 24.7 Å². The van der Waals surface area contributed by atoms with E-state index in [1.807, 2.05) is 48.5 Å². The van der Waals surface area contributed by atoms with E-state index in [1.165, 1.54) is 0 Å². The van der Waals surface area contributed by atoms with E-state index in [-0.39, 0.29) is 17.7 Å². The van der Waals surface area contributed by atoms with Crippen molar-refractivity contribution in [1.29, 1.82) is 5.26 Å². The lowest BCUT2D eigenvalue weighted by molar-refractivity contribution is -0.127. The number of methoxy groups -OCH3 is 1. The summed E-state index contributed by atoms with van der Waals surface area (Å²) in [5, 5.41) is 12.6. The van der Waals surface area contributed by atoms with E-state index in [0.29, 0.717) is 49.1 Å². The molecule has 1 amide bonds. The summed E-state index contributed by atoms with van der Waals surface area (Å²) in [7, 11) is -0.839. The smallest absolute Gasteiger partial charge is 0.226 e. The van der Waals surface area contributed by atoms with Crippen molar-refractivity contribution in [3.8, 4) is 34.5 Å². The minimum Gasteiger partial charge on any atom is -0.497 e. The molecular weight excluding hydrogens is 540 g/mol. The molecule has 1 aliphatic heterocycles. The van der Waals surface area contributed by atoms with E-state index in [4.69, 9.17) is 14.1 Å². The Kier molecular flexibility index (Phi) is 7.45. The van der Waals surface area contributed by atoms with Crippen molar-refractivity contribution < 1.29 is 23.1 Å². The molecule has 216 valence electrons. The second-order valence-corrected chi connectivity index (χ2v) is 13.8. The molecule has 2 saturated carbocycles. The van der Waals surface area contributed by atoms with Crippen molar-refractivity contribution in [1.82, 2.24) is 10.3 Å². The van der Waals surface area contributed by atoms with Crippen molar-refractivity contribution in [2.45, 2.75) is 50.0 Å². The highest BCUT2D eigenvalue weighted by Gasteiger charge is 2.47. The van der Waals surface area contributed by atoms with Gasteiger partial charge in [-0.15, -0.1) is 0 Å². The molecule has 3 aliphatic rings. The van der Waals surface area contributed by atoms with E-state index in [9.17, 15) is 19.2 Å². The maximum atomic E-state index is 13.5. The fraction of sp³-hybridized carbons (Fsp3) is 0.452. The van der Waals surface area contributed by atoms with Crippen LogP contribution in [-0.4, -0.2) is 57.2 Å². The van der Waals surface area contributed by atoms with Crippen molar-refractivity contribution >= 4 is 22.2 Å². The average molecular weight is 577 g/mol. The van der Waals surface area contributed by atoms with Crippen LogP contribution in [0.25, 0.3) is 22.7 Å². The summed E-state index contributed by atoms with van der Waals surface area (Å²) in [6.45, 7) is 1.20. The van der Waals surface area contributed by atoms with Gasteiger partial charge in [-0.05, 0) is 62.1 Å². The molecule has 3 N–H and O–H groups in total. The lowest BCUT2D eigenvalue weighted by Crippen LogP contribution is -2.42. The highest BCUT2D eigenvalue weighted by Crippen LogP contribution is 2.45. The zero-order valence-corrected chi connectivity index (χ0v) is 24.0. The Morgan fingerprint density at radius 3 is 2.37 bits per heavy atom. The molecule has 2 aromatic carbocycles. The topological polar surface area (TPSA) is 132 Å². The van der Waals surface area contributed by atoms with Gasteiger partial charge < -0.3 is 19.4 Å². The van der Waals surface area contributed by atoms with Gasteiger partial charge in [0.25, 0.3) is 0 Å². The van der Waals surface area contributed by atoms with Crippen LogP contribution in [0.5, 0.6) is 5.75 Å². The summed E-state index contributed by atoms with van der Waals surface area (Å²) in [4.78, 5) is 20.6. The first kappa shape index (κ1) is 27.6. The van der Waals surface area contributed by atoms with Gasteiger partial charge in [0, 0.05) is 41.7 Å². The number of hydrogen-bond acceptors (Lipinski definition) is 8. The van der Waals surface area contributed by atoms with Gasteiger partial charge in [-0.1, -0.05) is 25.0 Å². The average Bonchev–Trinajstić information content (AvgIpc) is 3.63. The number of carbonyl (C=O) groups is 1. The monoisotopic (exact) mass is 576 g/mol. The third-order valence-electron chi connectivity index (χ3n) is 8.64. The molecular formula is C31H36N4O5S. The van der Waals surface area contributed by atoms with Gasteiger partial charge in [0.2, 0.25) is 11.8 Å². The lowest BCUT2D eigenvalue weighted by Gasteiger charge is -2.41. The molecule has 0 unspecified atom stereocenters. The summed E-state index contributed by atoms with van der Waals surface area (Å²) < 4.78 is 31.8. The molecule has 0 radical (unpaired) electrons. The van der Waals surface area contributed by atoms with Crippen molar-refractivity contribution in [2.75, 3.05) is 36.6 Å². The van der Waals surface area contributed by atoms with Crippen LogP contribution >= 0.6 is 10.6 Å². The van der Waals surface area contributed by atoms with E-state index in [2.05, 4.69) is 16.3 Å². The summed E-state index contributed by atoms with van der Waals surface area (Å²) >= 11 is 0. The van der Waals surface area contributed by atoms with E-state index in [1.54, 1.807) is 7.11 Å². The van der Waals surface area contributed by atoms with E-state index in [0.717, 1.165) is 53.9 Å². The normalized spacial score (nSPS) is 23.7. The molecule has 2 heterocycles. The number of rotatable bonds is 7. The van der Waals surface area contributed by atoms with Crippen LogP contribution in [0.2, 0.25) is 0 Å². The van der Waals surface area contributed by atoms with E-state index < -0.39 is 16.1 Å². The van der Waals surface area contributed by atoms with Crippen molar-refractivity contribution in [3.63, 3.8) is 0 Å². The Morgan fingerprint density at radius 1 is 1.07 bits per heavy atom. The quantitative estimate of drug-likeness (QED) is 0.310. The number of carbonyl (C=O) groups excluding carboxylic acids is 1. The van der Waals surface area contributed by atoms with Crippen LogP contribution < -0.4 is 15.0 Å². The number of amides is 1. The Balaban J connectivity index is 1.34. The summed E-state index contributed by atoms with van der Waals surface area (Å²) in [5.41, 5.74) is 2.75. The van der Waals surface area contributed by atoms with Gasteiger partial charge in [-0.2, -0.15) is 15.9 Å². The van der Waals surface area contributed by atoms with Gasteiger partial charge in [-0.3, -0.25) is 13.9 Å². The molecule has 6 rings (SSSR count). The maximum Gasteiger partial charge on any atom is 0.226 e. The van der Waals surface area contributed by atoms with Gasteiger partial charge in [0.1, 0.15) is 22.7 Å². The van der Waals surface area contributed by atoms with Crippen LogP contribution in [0.1, 0.15) is 50.2 Å². The predicted octanol–water partition coefficient (Wildman–Crippen LogP) is 6.03. The first-order valence-corrected chi connectivity index (χ1v) is 16.2. The second kappa shape index (κ2) is 11.0. The Bertz CT molecular complexity index is 1430. The van der Waals surface area contributed by atoms with Crippen LogP contribution in [0.3, 0.4) is 0 Å². The number of nitrogens with zero attached hydrogens (tertiary/aromatic N) is 3. The highest BCUT2D eigenvalue weighted by atomic mass is 32.3. The third-order valence-corrected chi connectivity index (χ3v) is 10.3. The third kappa shape index (κ3) is 5.80. The molecule has 1 aromatic heterocycles. The van der Waals surface area contributed by atoms with Crippen LogP contribution in [0.4, 0.5) is 5.69 Å². The number of benzene rings is 2.